The predicted octanol–water partition coefficient (Wildman–Crippen LogP) is 15.5. The summed E-state index contributed by atoms with van der Waals surface area (Å²) in [6, 6.07) is 67.3. The largest absolute Gasteiger partial charge is 0.311 e. The van der Waals surface area contributed by atoms with Crippen molar-refractivity contribution in [1.82, 2.24) is 0 Å². The number of anilines is 6. The van der Waals surface area contributed by atoms with Crippen molar-refractivity contribution in [2.45, 2.75) is 52.4 Å². The molecule has 0 bridgehead atoms. The zero-order valence-electron chi connectivity index (χ0n) is 34.2. The van der Waals surface area contributed by atoms with Gasteiger partial charge in [0, 0.05) is 27.9 Å². The fraction of sp³-hybridized carbons (Fsp3) is 0.143. The number of benzene rings is 8. The maximum Gasteiger partial charge on any atom is 0.0544 e. The molecule has 0 atom stereocenters. The van der Waals surface area contributed by atoms with Crippen molar-refractivity contribution in [1.29, 1.82) is 0 Å². The normalized spacial score (nSPS) is 14.3. The van der Waals surface area contributed by atoms with Crippen molar-refractivity contribution in [2.75, 3.05) is 9.80 Å². The number of rotatable bonds is 6. The highest BCUT2D eigenvalue weighted by Gasteiger charge is 2.45. The van der Waals surface area contributed by atoms with Crippen molar-refractivity contribution in [3.8, 4) is 33.4 Å². The predicted molar refractivity (Wildman–Crippen MR) is 246 cm³/mol. The minimum Gasteiger partial charge on any atom is -0.311 e. The molecule has 282 valence electrons. The molecule has 0 spiro atoms. The lowest BCUT2D eigenvalue weighted by Gasteiger charge is -2.50. The molecule has 0 N–H and O–H groups in total. The summed E-state index contributed by atoms with van der Waals surface area (Å²) in [5.41, 5.74) is 22.3. The van der Waals surface area contributed by atoms with Gasteiger partial charge in [-0.05, 0) is 130 Å². The molecular formula is C56H48N2. The molecule has 2 nitrogen and oxygen atoms in total. The number of hydrogen-bond acceptors (Lipinski definition) is 2. The highest BCUT2D eigenvalue weighted by atomic mass is 15.2. The lowest BCUT2D eigenvalue weighted by atomic mass is 9.65. The molecule has 0 saturated heterocycles. The molecule has 2 aliphatic heterocycles. The Morgan fingerprint density at radius 1 is 0.345 bits per heavy atom. The highest BCUT2D eigenvalue weighted by Crippen LogP contribution is 2.61. The minimum atomic E-state index is -0.190. The fourth-order valence-corrected chi connectivity index (χ4v) is 9.46. The lowest BCUT2D eigenvalue weighted by molar-refractivity contribution is 0.597. The quantitative estimate of drug-likeness (QED) is 0.167. The molecule has 0 saturated carbocycles. The molecule has 2 aliphatic rings. The zero-order chi connectivity index (χ0) is 39.8. The van der Waals surface area contributed by atoms with Gasteiger partial charge in [-0.2, -0.15) is 0 Å². The van der Waals surface area contributed by atoms with Crippen LogP contribution >= 0.6 is 0 Å². The minimum absolute atomic E-state index is 0.190. The van der Waals surface area contributed by atoms with Crippen molar-refractivity contribution in [3.63, 3.8) is 0 Å². The van der Waals surface area contributed by atoms with E-state index < -0.39 is 0 Å². The maximum atomic E-state index is 2.56. The third-order valence-electron chi connectivity index (χ3n) is 12.7. The van der Waals surface area contributed by atoms with Gasteiger partial charge in [0.2, 0.25) is 0 Å². The first-order valence-electron chi connectivity index (χ1n) is 20.5. The van der Waals surface area contributed by atoms with E-state index in [9.17, 15) is 0 Å². The molecule has 0 aliphatic carbocycles. The molecule has 0 amide bonds. The molecule has 0 aromatic heterocycles. The molecule has 8 aromatic rings. The van der Waals surface area contributed by atoms with Crippen LogP contribution in [0.1, 0.15) is 61.1 Å². The SMILES string of the molecule is Cc1ccc2c(c1)C(C)(C)c1cc(-c3ccc(N(c4ccc(-c5ccccc5)cc4)c4ccc(-c5ccccc5)cc4)cc3)cc3c1N2c1ccc(C)cc1C3(C)C. The maximum absolute atomic E-state index is 2.56. The summed E-state index contributed by atoms with van der Waals surface area (Å²) in [6.45, 7) is 14.1. The molecule has 58 heavy (non-hydrogen) atoms. The standard InChI is InChI=1S/C56H48N2/c1-37-17-31-52-48(33-37)55(3,4)50-35-44(36-51-54(50)58(52)53-32-18-38(2)34-49(53)56(51,5)6)43-23-29-47(30-24-43)57(45-25-19-41(20-26-45)39-13-9-7-10-14-39)46-27-21-42(22-28-46)40-15-11-8-12-16-40/h7-36H,1-6H3. The van der Waals surface area contributed by atoms with Crippen LogP contribution in [0.4, 0.5) is 34.1 Å². The van der Waals surface area contributed by atoms with E-state index in [1.807, 2.05) is 0 Å². The second-order valence-electron chi connectivity index (χ2n) is 17.3. The number of nitrogens with zero attached hydrogens (tertiary/aromatic N) is 2. The first-order valence-corrected chi connectivity index (χ1v) is 20.5. The van der Waals surface area contributed by atoms with Gasteiger partial charge >= 0.3 is 0 Å². The molecule has 2 heteroatoms. The molecular weight excluding hydrogens is 701 g/mol. The summed E-state index contributed by atoms with van der Waals surface area (Å²) in [5.74, 6) is 0. The van der Waals surface area contributed by atoms with Crippen molar-refractivity contribution in [3.05, 3.63) is 215 Å². The summed E-state index contributed by atoms with van der Waals surface area (Å²) < 4.78 is 0. The third kappa shape index (κ3) is 5.78. The van der Waals surface area contributed by atoms with Crippen LogP contribution in [0, 0.1) is 13.8 Å². The van der Waals surface area contributed by atoms with E-state index in [4.69, 9.17) is 0 Å². The van der Waals surface area contributed by atoms with Crippen LogP contribution in [0.25, 0.3) is 33.4 Å². The second kappa shape index (κ2) is 13.5. The first-order chi connectivity index (χ1) is 28.1. The average Bonchev–Trinajstić information content (AvgIpc) is 3.25. The second-order valence-corrected chi connectivity index (χ2v) is 17.3. The van der Waals surface area contributed by atoms with Crippen LogP contribution in [0.5, 0.6) is 0 Å². The van der Waals surface area contributed by atoms with E-state index in [0.717, 1.165) is 17.1 Å². The molecule has 8 aromatic carbocycles. The van der Waals surface area contributed by atoms with Gasteiger partial charge in [-0.25, -0.2) is 0 Å². The monoisotopic (exact) mass is 748 g/mol. The topological polar surface area (TPSA) is 6.48 Å². The number of hydrogen-bond donors (Lipinski definition) is 0. The highest BCUT2D eigenvalue weighted by molar-refractivity contribution is 5.94. The van der Waals surface area contributed by atoms with Crippen molar-refractivity contribution < 1.29 is 0 Å². The van der Waals surface area contributed by atoms with Gasteiger partial charge in [-0.1, -0.05) is 160 Å². The van der Waals surface area contributed by atoms with E-state index in [2.05, 4.69) is 233 Å². The van der Waals surface area contributed by atoms with Crippen LogP contribution in [0.2, 0.25) is 0 Å². The Hall–Kier alpha value is -6.64. The Kier molecular flexibility index (Phi) is 8.32. The summed E-state index contributed by atoms with van der Waals surface area (Å²) in [7, 11) is 0. The molecule has 0 radical (unpaired) electrons. The molecule has 0 unspecified atom stereocenters. The molecule has 2 heterocycles. The Morgan fingerprint density at radius 2 is 0.690 bits per heavy atom. The lowest BCUT2D eigenvalue weighted by Crippen LogP contribution is -2.38. The average molecular weight is 749 g/mol. The van der Waals surface area contributed by atoms with Crippen LogP contribution in [-0.4, -0.2) is 0 Å². The Bertz CT molecular complexity index is 2640. The number of fused-ring (bicyclic) bond motifs is 4. The van der Waals surface area contributed by atoms with Gasteiger partial charge in [0.1, 0.15) is 0 Å². The van der Waals surface area contributed by atoms with E-state index in [0.29, 0.717) is 0 Å². The zero-order valence-corrected chi connectivity index (χ0v) is 34.2. The van der Waals surface area contributed by atoms with Gasteiger partial charge in [0.15, 0.2) is 0 Å². The summed E-state index contributed by atoms with van der Waals surface area (Å²) >= 11 is 0. The van der Waals surface area contributed by atoms with Gasteiger partial charge in [0.25, 0.3) is 0 Å². The summed E-state index contributed by atoms with van der Waals surface area (Å²) in [5, 5.41) is 0. The van der Waals surface area contributed by atoms with E-state index in [1.165, 1.54) is 83.8 Å². The Morgan fingerprint density at radius 3 is 1.07 bits per heavy atom. The van der Waals surface area contributed by atoms with Crippen LogP contribution in [0.15, 0.2) is 182 Å². The van der Waals surface area contributed by atoms with E-state index in [-0.39, 0.29) is 10.8 Å². The van der Waals surface area contributed by atoms with Gasteiger partial charge in [-0.3, -0.25) is 0 Å². The number of aryl methyl sites for hydroxylation is 2. The Labute approximate surface area is 343 Å². The van der Waals surface area contributed by atoms with Crippen LogP contribution in [-0.2, 0) is 10.8 Å². The van der Waals surface area contributed by atoms with Crippen LogP contribution < -0.4 is 9.80 Å². The first kappa shape index (κ1) is 35.8. The van der Waals surface area contributed by atoms with Crippen molar-refractivity contribution in [2.24, 2.45) is 0 Å². The summed E-state index contributed by atoms with van der Waals surface area (Å²) in [6.07, 6.45) is 0. The van der Waals surface area contributed by atoms with Crippen molar-refractivity contribution >= 4 is 34.1 Å². The van der Waals surface area contributed by atoms with Gasteiger partial charge < -0.3 is 9.80 Å². The molecule has 10 rings (SSSR count). The summed E-state index contributed by atoms with van der Waals surface area (Å²) in [4.78, 5) is 4.92. The van der Waals surface area contributed by atoms with Gasteiger partial charge in [-0.15, -0.1) is 0 Å². The third-order valence-corrected chi connectivity index (χ3v) is 12.7. The van der Waals surface area contributed by atoms with E-state index in [1.54, 1.807) is 0 Å². The van der Waals surface area contributed by atoms with E-state index >= 15 is 0 Å². The van der Waals surface area contributed by atoms with Gasteiger partial charge in [0.05, 0.1) is 17.1 Å². The fourth-order valence-electron chi connectivity index (χ4n) is 9.46. The Balaban J connectivity index is 1.09. The van der Waals surface area contributed by atoms with Crippen LogP contribution in [0.3, 0.4) is 0 Å². The smallest absolute Gasteiger partial charge is 0.0544 e. The molecule has 0 fully saturated rings.